The molecule has 100 valence electrons. The zero-order chi connectivity index (χ0) is 13.2. The Balaban J connectivity index is 1.69. The minimum Gasteiger partial charge on any atom is -0.469 e. The fourth-order valence-electron chi connectivity index (χ4n) is 1.96. The quantitative estimate of drug-likeness (QED) is 0.849. The number of hydrogen-bond acceptors (Lipinski definition) is 4. The molecule has 2 aromatic rings. The summed E-state index contributed by atoms with van der Waals surface area (Å²) in [5.41, 5.74) is 0.908. The number of nitrogens with one attached hydrogen (secondary N) is 1. The third-order valence-corrected chi connectivity index (χ3v) is 3.66. The van der Waals surface area contributed by atoms with Crippen molar-refractivity contribution in [3.63, 3.8) is 0 Å². The van der Waals surface area contributed by atoms with Crippen molar-refractivity contribution in [2.45, 2.75) is 32.1 Å². The predicted octanol–water partition coefficient (Wildman–Crippen LogP) is 3.56. The van der Waals surface area contributed by atoms with Crippen molar-refractivity contribution >= 4 is 17.4 Å². The maximum atomic E-state index is 6.16. The lowest BCUT2D eigenvalue weighted by Gasteiger charge is -2.10. The smallest absolute Gasteiger partial charge is 0.137 e. The summed E-state index contributed by atoms with van der Waals surface area (Å²) in [5.74, 6) is 3.18. The van der Waals surface area contributed by atoms with Crippen molar-refractivity contribution in [3.8, 4) is 0 Å². The molecule has 0 radical (unpaired) electrons. The monoisotopic (exact) mass is 277 g/mol. The van der Waals surface area contributed by atoms with E-state index in [1.165, 1.54) is 12.8 Å². The molecule has 1 aliphatic rings. The van der Waals surface area contributed by atoms with E-state index >= 15 is 0 Å². The highest BCUT2D eigenvalue weighted by molar-refractivity contribution is 6.30. The zero-order valence-electron chi connectivity index (χ0n) is 10.8. The van der Waals surface area contributed by atoms with Crippen LogP contribution < -0.4 is 5.32 Å². The highest BCUT2D eigenvalue weighted by Gasteiger charge is 2.27. The first kappa shape index (κ1) is 12.5. The number of aromatic nitrogens is 2. The van der Waals surface area contributed by atoms with Gasteiger partial charge in [-0.25, -0.2) is 9.97 Å². The molecule has 0 atom stereocenters. The molecule has 0 bridgehead atoms. The average Bonchev–Trinajstić information content (AvgIpc) is 3.12. The van der Waals surface area contributed by atoms with Gasteiger partial charge in [-0.05, 0) is 31.9 Å². The molecule has 0 amide bonds. The molecule has 2 aromatic heterocycles. The Hall–Kier alpha value is -1.55. The number of anilines is 1. The molecule has 1 saturated carbocycles. The SMILES string of the molecule is Cc1c(Cl)nc(C2CC2)nc1NCCc1ccco1. The first-order valence-electron chi connectivity index (χ1n) is 6.54. The zero-order valence-corrected chi connectivity index (χ0v) is 11.6. The third kappa shape index (κ3) is 2.89. The van der Waals surface area contributed by atoms with Gasteiger partial charge in [-0.3, -0.25) is 0 Å². The molecule has 1 fully saturated rings. The summed E-state index contributed by atoms with van der Waals surface area (Å²) in [6.07, 6.45) is 4.86. The van der Waals surface area contributed by atoms with Gasteiger partial charge in [0.1, 0.15) is 22.6 Å². The second kappa shape index (κ2) is 5.21. The molecule has 5 heteroatoms. The summed E-state index contributed by atoms with van der Waals surface area (Å²) in [6.45, 7) is 2.71. The van der Waals surface area contributed by atoms with Gasteiger partial charge in [-0.2, -0.15) is 0 Å². The summed E-state index contributed by atoms with van der Waals surface area (Å²) < 4.78 is 5.30. The minimum atomic E-state index is 0.503. The van der Waals surface area contributed by atoms with E-state index in [0.717, 1.165) is 35.9 Å². The minimum absolute atomic E-state index is 0.503. The summed E-state index contributed by atoms with van der Waals surface area (Å²) in [4.78, 5) is 8.93. The van der Waals surface area contributed by atoms with Crippen LogP contribution in [0.3, 0.4) is 0 Å². The number of hydrogen-bond donors (Lipinski definition) is 1. The Morgan fingerprint density at radius 2 is 2.26 bits per heavy atom. The van der Waals surface area contributed by atoms with E-state index in [1.54, 1.807) is 6.26 Å². The maximum absolute atomic E-state index is 6.16. The molecular formula is C14H16ClN3O. The molecule has 4 nitrogen and oxygen atoms in total. The maximum Gasteiger partial charge on any atom is 0.137 e. The fourth-order valence-corrected chi connectivity index (χ4v) is 2.14. The number of halogens is 1. The molecular weight excluding hydrogens is 262 g/mol. The highest BCUT2D eigenvalue weighted by atomic mass is 35.5. The van der Waals surface area contributed by atoms with Crippen LogP contribution >= 0.6 is 11.6 Å². The van der Waals surface area contributed by atoms with Crippen LogP contribution in [0.25, 0.3) is 0 Å². The number of nitrogens with zero attached hydrogens (tertiary/aromatic N) is 2. The third-order valence-electron chi connectivity index (χ3n) is 3.29. The van der Waals surface area contributed by atoms with Crippen LogP contribution in [-0.4, -0.2) is 16.5 Å². The van der Waals surface area contributed by atoms with Gasteiger partial charge in [0.2, 0.25) is 0 Å². The summed E-state index contributed by atoms with van der Waals surface area (Å²) in [5, 5.41) is 3.87. The van der Waals surface area contributed by atoms with Gasteiger partial charge in [0.25, 0.3) is 0 Å². The summed E-state index contributed by atoms with van der Waals surface area (Å²) in [7, 11) is 0. The van der Waals surface area contributed by atoms with Gasteiger partial charge in [0, 0.05) is 24.4 Å². The Bertz CT molecular complexity index is 564. The standard InChI is InChI=1S/C14H16ClN3O/c1-9-12(15)17-14(10-4-5-10)18-13(9)16-7-6-11-3-2-8-19-11/h2-3,8,10H,4-7H2,1H3,(H,16,17,18). The van der Waals surface area contributed by atoms with E-state index in [-0.39, 0.29) is 0 Å². The van der Waals surface area contributed by atoms with Crippen LogP contribution in [0.1, 0.15) is 35.9 Å². The van der Waals surface area contributed by atoms with E-state index in [9.17, 15) is 0 Å². The van der Waals surface area contributed by atoms with Gasteiger partial charge < -0.3 is 9.73 Å². The Morgan fingerprint density at radius 1 is 1.42 bits per heavy atom. The van der Waals surface area contributed by atoms with Crippen LogP contribution in [0.4, 0.5) is 5.82 Å². The first-order chi connectivity index (χ1) is 9.24. The summed E-state index contributed by atoms with van der Waals surface area (Å²) in [6, 6.07) is 3.87. The Kier molecular flexibility index (Phi) is 3.42. The van der Waals surface area contributed by atoms with E-state index in [4.69, 9.17) is 16.0 Å². The van der Waals surface area contributed by atoms with Crippen LogP contribution in [0, 0.1) is 6.92 Å². The molecule has 0 saturated heterocycles. The molecule has 0 unspecified atom stereocenters. The van der Waals surface area contributed by atoms with Gasteiger partial charge in [-0.15, -0.1) is 0 Å². The molecule has 3 rings (SSSR count). The molecule has 0 aromatic carbocycles. The predicted molar refractivity (Wildman–Crippen MR) is 74.7 cm³/mol. The van der Waals surface area contributed by atoms with Gasteiger partial charge >= 0.3 is 0 Å². The number of rotatable bonds is 5. The van der Waals surface area contributed by atoms with Crippen LogP contribution in [-0.2, 0) is 6.42 Å². The average molecular weight is 278 g/mol. The molecule has 1 N–H and O–H groups in total. The summed E-state index contributed by atoms with van der Waals surface area (Å²) >= 11 is 6.16. The molecule has 19 heavy (non-hydrogen) atoms. The van der Waals surface area contributed by atoms with E-state index in [2.05, 4.69) is 15.3 Å². The lowest BCUT2D eigenvalue weighted by Crippen LogP contribution is -2.09. The highest BCUT2D eigenvalue weighted by Crippen LogP contribution is 2.39. The van der Waals surface area contributed by atoms with Crippen molar-refractivity contribution in [1.82, 2.24) is 9.97 Å². The van der Waals surface area contributed by atoms with Crippen molar-refractivity contribution in [2.24, 2.45) is 0 Å². The lowest BCUT2D eigenvalue weighted by atomic mass is 10.3. The molecule has 0 spiro atoms. The lowest BCUT2D eigenvalue weighted by molar-refractivity contribution is 0.513. The second-order valence-electron chi connectivity index (χ2n) is 4.88. The normalized spacial score (nSPS) is 14.6. The Morgan fingerprint density at radius 3 is 2.95 bits per heavy atom. The van der Waals surface area contributed by atoms with E-state index in [0.29, 0.717) is 11.1 Å². The number of furan rings is 1. The second-order valence-corrected chi connectivity index (χ2v) is 5.23. The van der Waals surface area contributed by atoms with Crippen molar-refractivity contribution in [3.05, 3.63) is 40.7 Å². The van der Waals surface area contributed by atoms with Gasteiger partial charge in [0.15, 0.2) is 0 Å². The van der Waals surface area contributed by atoms with E-state index < -0.39 is 0 Å². The van der Waals surface area contributed by atoms with Crippen molar-refractivity contribution in [2.75, 3.05) is 11.9 Å². The van der Waals surface area contributed by atoms with Crippen molar-refractivity contribution < 1.29 is 4.42 Å². The van der Waals surface area contributed by atoms with Crippen LogP contribution in [0.15, 0.2) is 22.8 Å². The first-order valence-corrected chi connectivity index (χ1v) is 6.92. The Labute approximate surface area is 117 Å². The largest absolute Gasteiger partial charge is 0.469 e. The van der Waals surface area contributed by atoms with Crippen LogP contribution in [0.5, 0.6) is 0 Å². The fraction of sp³-hybridized carbons (Fsp3) is 0.429. The van der Waals surface area contributed by atoms with Crippen LogP contribution in [0.2, 0.25) is 5.15 Å². The van der Waals surface area contributed by atoms with Gasteiger partial charge in [0.05, 0.1) is 6.26 Å². The topological polar surface area (TPSA) is 51.0 Å². The molecule has 1 aliphatic carbocycles. The molecule has 0 aliphatic heterocycles. The van der Waals surface area contributed by atoms with E-state index in [1.807, 2.05) is 19.1 Å². The molecule has 2 heterocycles. The van der Waals surface area contributed by atoms with Crippen molar-refractivity contribution in [1.29, 1.82) is 0 Å². The van der Waals surface area contributed by atoms with Gasteiger partial charge in [-0.1, -0.05) is 11.6 Å².